The highest BCUT2D eigenvalue weighted by molar-refractivity contribution is 5.91. The minimum Gasteiger partial charge on any atom is -0.469 e. The Hall–Kier alpha value is -2.63. The lowest BCUT2D eigenvalue weighted by molar-refractivity contribution is -0.142. The fraction of sp³-hybridized carbons (Fsp3) is 0.353. The third kappa shape index (κ3) is 4.67. The van der Waals surface area contributed by atoms with Gasteiger partial charge in [0.1, 0.15) is 0 Å². The molecule has 2 rings (SSSR count). The van der Waals surface area contributed by atoms with Gasteiger partial charge in [-0.2, -0.15) is 5.10 Å². The summed E-state index contributed by atoms with van der Waals surface area (Å²) < 4.78 is 6.46. The fourth-order valence-corrected chi connectivity index (χ4v) is 2.28. The van der Waals surface area contributed by atoms with E-state index in [-0.39, 0.29) is 17.8 Å². The number of aromatic nitrogens is 2. The third-order valence-electron chi connectivity index (χ3n) is 3.62. The normalized spacial score (nSPS) is 11.8. The van der Waals surface area contributed by atoms with Gasteiger partial charge in [-0.3, -0.25) is 14.3 Å². The number of esters is 1. The van der Waals surface area contributed by atoms with Gasteiger partial charge >= 0.3 is 5.97 Å². The second kappa shape index (κ2) is 7.58. The van der Waals surface area contributed by atoms with Gasteiger partial charge in [0.25, 0.3) is 0 Å². The molecule has 1 atom stereocenters. The molecule has 0 unspecified atom stereocenters. The van der Waals surface area contributed by atoms with Gasteiger partial charge in [-0.15, -0.1) is 0 Å². The van der Waals surface area contributed by atoms with E-state index in [0.29, 0.717) is 18.5 Å². The van der Waals surface area contributed by atoms with E-state index in [0.717, 1.165) is 11.1 Å². The first-order chi connectivity index (χ1) is 11.0. The quantitative estimate of drug-likeness (QED) is 0.830. The number of benzene rings is 1. The molecule has 122 valence electrons. The predicted molar refractivity (Wildman–Crippen MR) is 87.0 cm³/mol. The lowest BCUT2D eigenvalue weighted by Gasteiger charge is -2.11. The average molecular weight is 315 g/mol. The Morgan fingerprint density at radius 3 is 2.83 bits per heavy atom. The molecular formula is C17H21N3O3. The lowest BCUT2D eigenvalue weighted by atomic mass is 10.0. The van der Waals surface area contributed by atoms with Crippen LogP contribution in [0.15, 0.2) is 36.7 Å². The third-order valence-corrected chi connectivity index (χ3v) is 3.62. The molecule has 0 fully saturated rings. The summed E-state index contributed by atoms with van der Waals surface area (Å²) in [5, 5.41) is 6.93. The standard InChI is InChI=1S/C17H21N3O3/c1-12(17(22)23-3)14-5-4-6-15(9-14)19-16(21)8-7-13-10-18-20(2)11-13/h4-6,9-12H,7-8H2,1-3H3,(H,19,21)/t12-/m0/s1. The molecule has 0 aliphatic rings. The zero-order chi connectivity index (χ0) is 16.8. The number of nitrogens with one attached hydrogen (secondary N) is 1. The molecule has 1 heterocycles. The van der Waals surface area contributed by atoms with Crippen molar-refractivity contribution in [3.8, 4) is 0 Å². The molecule has 6 nitrogen and oxygen atoms in total. The first-order valence-electron chi connectivity index (χ1n) is 7.44. The maximum Gasteiger partial charge on any atom is 0.312 e. The van der Waals surface area contributed by atoms with Gasteiger partial charge in [0, 0.05) is 25.4 Å². The fourth-order valence-electron chi connectivity index (χ4n) is 2.28. The summed E-state index contributed by atoms with van der Waals surface area (Å²) in [7, 11) is 3.21. The number of hydrogen-bond acceptors (Lipinski definition) is 4. The van der Waals surface area contributed by atoms with Crippen LogP contribution >= 0.6 is 0 Å². The monoisotopic (exact) mass is 315 g/mol. The van der Waals surface area contributed by atoms with E-state index >= 15 is 0 Å². The van der Waals surface area contributed by atoms with Crippen LogP contribution in [-0.4, -0.2) is 28.8 Å². The van der Waals surface area contributed by atoms with Crippen LogP contribution in [0.25, 0.3) is 0 Å². The Morgan fingerprint density at radius 1 is 1.39 bits per heavy atom. The lowest BCUT2D eigenvalue weighted by Crippen LogP contribution is -2.14. The Bertz CT molecular complexity index is 694. The minimum absolute atomic E-state index is 0.0725. The largest absolute Gasteiger partial charge is 0.469 e. The van der Waals surface area contributed by atoms with Crippen molar-refractivity contribution in [3.05, 3.63) is 47.8 Å². The van der Waals surface area contributed by atoms with E-state index in [9.17, 15) is 9.59 Å². The second-order valence-corrected chi connectivity index (χ2v) is 5.44. The van der Waals surface area contributed by atoms with Crippen molar-refractivity contribution in [3.63, 3.8) is 0 Å². The van der Waals surface area contributed by atoms with Crippen molar-refractivity contribution in [2.75, 3.05) is 12.4 Å². The van der Waals surface area contributed by atoms with Crippen LogP contribution in [0.3, 0.4) is 0 Å². The van der Waals surface area contributed by atoms with Crippen molar-refractivity contribution >= 4 is 17.6 Å². The zero-order valence-electron chi connectivity index (χ0n) is 13.6. The van der Waals surface area contributed by atoms with Crippen LogP contribution in [0.2, 0.25) is 0 Å². The Labute approximate surface area is 135 Å². The number of nitrogens with zero attached hydrogens (tertiary/aromatic N) is 2. The Kier molecular flexibility index (Phi) is 5.51. The number of anilines is 1. The van der Waals surface area contributed by atoms with Crippen molar-refractivity contribution < 1.29 is 14.3 Å². The second-order valence-electron chi connectivity index (χ2n) is 5.44. The summed E-state index contributed by atoms with van der Waals surface area (Å²) in [6.45, 7) is 1.77. The maximum atomic E-state index is 12.0. The molecule has 2 aromatic rings. The molecule has 0 aliphatic heterocycles. The van der Waals surface area contributed by atoms with Crippen molar-refractivity contribution in [1.82, 2.24) is 9.78 Å². The highest BCUT2D eigenvalue weighted by Crippen LogP contribution is 2.20. The summed E-state index contributed by atoms with van der Waals surface area (Å²) in [5.74, 6) is -0.742. The van der Waals surface area contributed by atoms with E-state index in [4.69, 9.17) is 4.74 Å². The van der Waals surface area contributed by atoms with Crippen LogP contribution in [0, 0.1) is 0 Å². The SMILES string of the molecule is COC(=O)[C@@H](C)c1cccc(NC(=O)CCc2cnn(C)c2)c1. The van der Waals surface area contributed by atoms with Gasteiger partial charge in [0.2, 0.25) is 5.91 Å². The average Bonchev–Trinajstić information content (AvgIpc) is 2.97. The van der Waals surface area contributed by atoms with Crippen LogP contribution in [-0.2, 0) is 27.8 Å². The maximum absolute atomic E-state index is 12.0. The number of carbonyl (C=O) groups excluding carboxylic acids is 2. The number of hydrogen-bond donors (Lipinski definition) is 1. The van der Waals surface area contributed by atoms with Gasteiger partial charge in [-0.05, 0) is 36.6 Å². The molecule has 0 saturated heterocycles. The summed E-state index contributed by atoms with van der Waals surface area (Å²) in [4.78, 5) is 23.6. The van der Waals surface area contributed by atoms with E-state index < -0.39 is 0 Å². The van der Waals surface area contributed by atoms with Gasteiger partial charge in [-0.25, -0.2) is 0 Å². The molecular weight excluding hydrogens is 294 g/mol. The molecule has 1 N–H and O–H groups in total. The highest BCUT2D eigenvalue weighted by atomic mass is 16.5. The molecule has 0 bridgehead atoms. The van der Waals surface area contributed by atoms with Crippen molar-refractivity contribution in [2.45, 2.75) is 25.7 Å². The molecule has 0 aliphatic carbocycles. The van der Waals surface area contributed by atoms with Crippen molar-refractivity contribution in [2.24, 2.45) is 7.05 Å². The summed E-state index contributed by atoms with van der Waals surface area (Å²) >= 11 is 0. The predicted octanol–water partition coefficient (Wildman–Crippen LogP) is 2.27. The zero-order valence-corrected chi connectivity index (χ0v) is 13.6. The van der Waals surface area contributed by atoms with E-state index in [1.54, 1.807) is 29.9 Å². The smallest absolute Gasteiger partial charge is 0.312 e. The number of amides is 1. The van der Waals surface area contributed by atoms with Gasteiger partial charge in [0.15, 0.2) is 0 Å². The Balaban J connectivity index is 1.94. The summed E-state index contributed by atoms with van der Waals surface area (Å²) in [5.41, 5.74) is 2.51. The van der Waals surface area contributed by atoms with E-state index in [2.05, 4.69) is 10.4 Å². The number of aryl methyl sites for hydroxylation is 2. The molecule has 1 amide bonds. The molecule has 23 heavy (non-hydrogen) atoms. The molecule has 6 heteroatoms. The van der Waals surface area contributed by atoms with Crippen LogP contribution in [0.1, 0.15) is 30.4 Å². The molecule has 1 aromatic heterocycles. The first-order valence-corrected chi connectivity index (χ1v) is 7.44. The summed E-state index contributed by atoms with van der Waals surface area (Å²) in [6.07, 6.45) is 4.66. The minimum atomic E-state index is -0.368. The van der Waals surface area contributed by atoms with Gasteiger partial charge in [-0.1, -0.05) is 12.1 Å². The summed E-state index contributed by atoms with van der Waals surface area (Å²) in [6, 6.07) is 7.25. The van der Waals surface area contributed by atoms with Crippen LogP contribution in [0.4, 0.5) is 5.69 Å². The van der Waals surface area contributed by atoms with E-state index in [1.165, 1.54) is 7.11 Å². The number of rotatable bonds is 6. The number of methoxy groups -OCH3 is 1. The molecule has 0 saturated carbocycles. The van der Waals surface area contributed by atoms with Crippen molar-refractivity contribution in [1.29, 1.82) is 0 Å². The molecule has 0 radical (unpaired) electrons. The number of carbonyl (C=O) groups is 2. The Morgan fingerprint density at radius 2 is 2.17 bits per heavy atom. The molecule has 0 spiro atoms. The molecule has 1 aromatic carbocycles. The van der Waals surface area contributed by atoms with Crippen LogP contribution < -0.4 is 5.32 Å². The first kappa shape index (κ1) is 16.7. The number of ether oxygens (including phenoxy) is 1. The highest BCUT2D eigenvalue weighted by Gasteiger charge is 2.16. The van der Waals surface area contributed by atoms with Gasteiger partial charge < -0.3 is 10.1 Å². The van der Waals surface area contributed by atoms with Crippen LogP contribution in [0.5, 0.6) is 0 Å². The van der Waals surface area contributed by atoms with Gasteiger partial charge in [0.05, 0.1) is 19.2 Å². The topological polar surface area (TPSA) is 73.2 Å². The van der Waals surface area contributed by atoms with E-state index in [1.807, 2.05) is 25.4 Å².